The molecule has 0 amide bonds. The first-order valence-corrected chi connectivity index (χ1v) is 5.28. The Hall–Kier alpha value is -0.470. The third-order valence-electron chi connectivity index (χ3n) is 2.04. The van der Waals surface area contributed by atoms with Crippen LogP contribution in [0, 0.1) is 0 Å². The van der Waals surface area contributed by atoms with Crippen molar-refractivity contribution in [2.75, 3.05) is 6.54 Å². The second-order valence-electron chi connectivity index (χ2n) is 3.02. The van der Waals surface area contributed by atoms with Crippen molar-refractivity contribution in [2.45, 2.75) is 23.1 Å². The van der Waals surface area contributed by atoms with Crippen molar-refractivity contribution in [1.29, 1.82) is 0 Å². The molecule has 1 aromatic rings. The summed E-state index contributed by atoms with van der Waals surface area (Å²) in [6.07, 6.45) is 2.63. The van der Waals surface area contributed by atoms with E-state index in [1.807, 2.05) is 11.8 Å². The maximum atomic E-state index is 3.47. The van der Waals surface area contributed by atoms with Crippen LogP contribution in [0.3, 0.4) is 0 Å². The van der Waals surface area contributed by atoms with Gasteiger partial charge in [-0.3, -0.25) is 0 Å². The van der Waals surface area contributed by atoms with Gasteiger partial charge in [0.15, 0.2) is 0 Å². The van der Waals surface area contributed by atoms with E-state index in [2.05, 4.69) is 35.6 Å². The third-order valence-corrected chi connectivity index (χ3v) is 3.27. The van der Waals surface area contributed by atoms with Crippen LogP contribution in [0.1, 0.15) is 12.8 Å². The number of thioether (sulfide) groups is 1. The minimum absolute atomic E-state index is 0.646. The summed E-state index contributed by atoms with van der Waals surface area (Å²) >= 11 is 1.94. The molecule has 1 unspecified atom stereocenters. The minimum atomic E-state index is 0.646. The Bertz CT molecular complexity index is 229. The SMILES string of the molecule is c1ccc(SC2CCCN2)cc1. The van der Waals surface area contributed by atoms with Gasteiger partial charge >= 0.3 is 0 Å². The standard InChI is InChI=1S/C10H13NS/c1-2-5-9(6-3-1)12-10-7-4-8-11-10/h1-3,5-6,10-11H,4,7-8H2. The molecule has 0 aromatic heterocycles. The number of rotatable bonds is 2. The second kappa shape index (κ2) is 3.97. The molecule has 1 atom stereocenters. The quantitative estimate of drug-likeness (QED) is 0.748. The van der Waals surface area contributed by atoms with Crippen LogP contribution < -0.4 is 5.32 Å². The minimum Gasteiger partial charge on any atom is -0.305 e. The van der Waals surface area contributed by atoms with Crippen LogP contribution in [-0.4, -0.2) is 11.9 Å². The largest absolute Gasteiger partial charge is 0.305 e. The van der Waals surface area contributed by atoms with E-state index >= 15 is 0 Å². The lowest BCUT2D eigenvalue weighted by molar-refractivity contribution is 0.806. The van der Waals surface area contributed by atoms with Crippen molar-refractivity contribution in [3.63, 3.8) is 0 Å². The summed E-state index contributed by atoms with van der Waals surface area (Å²) in [5.41, 5.74) is 0. The van der Waals surface area contributed by atoms with Gasteiger partial charge in [0.05, 0.1) is 5.37 Å². The van der Waals surface area contributed by atoms with E-state index in [0.717, 1.165) is 0 Å². The molecule has 1 nitrogen and oxygen atoms in total. The first-order valence-electron chi connectivity index (χ1n) is 4.40. The fourth-order valence-electron chi connectivity index (χ4n) is 1.42. The Morgan fingerprint density at radius 2 is 2.08 bits per heavy atom. The van der Waals surface area contributed by atoms with Crippen LogP contribution in [0.2, 0.25) is 0 Å². The molecular weight excluding hydrogens is 166 g/mol. The van der Waals surface area contributed by atoms with Gasteiger partial charge in [0.2, 0.25) is 0 Å². The van der Waals surface area contributed by atoms with Crippen molar-refractivity contribution in [3.05, 3.63) is 30.3 Å². The molecule has 1 saturated heterocycles. The average molecular weight is 179 g/mol. The van der Waals surface area contributed by atoms with Crippen LogP contribution in [0.25, 0.3) is 0 Å². The lowest BCUT2D eigenvalue weighted by Crippen LogP contribution is -2.16. The van der Waals surface area contributed by atoms with Crippen molar-refractivity contribution in [1.82, 2.24) is 5.32 Å². The molecule has 64 valence electrons. The highest BCUT2D eigenvalue weighted by Crippen LogP contribution is 2.26. The zero-order valence-corrected chi connectivity index (χ0v) is 7.81. The average Bonchev–Trinajstić information content (AvgIpc) is 2.59. The van der Waals surface area contributed by atoms with Gasteiger partial charge < -0.3 is 5.32 Å². The van der Waals surface area contributed by atoms with Crippen LogP contribution in [-0.2, 0) is 0 Å². The highest BCUT2D eigenvalue weighted by atomic mass is 32.2. The van der Waals surface area contributed by atoms with Crippen LogP contribution >= 0.6 is 11.8 Å². The normalized spacial score (nSPS) is 22.8. The number of nitrogens with one attached hydrogen (secondary N) is 1. The summed E-state index contributed by atoms with van der Waals surface area (Å²) in [6.45, 7) is 1.19. The smallest absolute Gasteiger partial charge is 0.0580 e. The first-order chi connectivity index (χ1) is 5.95. The summed E-state index contributed by atoms with van der Waals surface area (Å²) in [5.74, 6) is 0. The van der Waals surface area contributed by atoms with E-state index in [-0.39, 0.29) is 0 Å². The molecule has 1 fully saturated rings. The fourth-order valence-corrected chi connectivity index (χ4v) is 2.54. The van der Waals surface area contributed by atoms with Crippen molar-refractivity contribution in [3.8, 4) is 0 Å². The molecule has 1 N–H and O–H groups in total. The van der Waals surface area contributed by atoms with Gasteiger partial charge in [0, 0.05) is 4.90 Å². The zero-order chi connectivity index (χ0) is 8.23. The van der Waals surface area contributed by atoms with Gasteiger partial charge in [-0.25, -0.2) is 0 Å². The lowest BCUT2D eigenvalue weighted by Gasteiger charge is -2.08. The second-order valence-corrected chi connectivity index (χ2v) is 4.29. The molecular formula is C10H13NS. The van der Waals surface area contributed by atoms with Crippen molar-refractivity contribution in [2.24, 2.45) is 0 Å². The van der Waals surface area contributed by atoms with E-state index in [0.29, 0.717) is 5.37 Å². The summed E-state index contributed by atoms with van der Waals surface area (Å²) in [7, 11) is 0. The third kappa shape index (κ3) is 2.02. The first kappa shape index (κ1) is 8.14. The highest BCUT2D eigenvalue weighted by Gasteiger charge is 2.14. The Morgan fingerprint density at radius 3 is 2.75 bits per heavy atom. The maximum absolute atomic E-state index is 3.47. The summed E-state index contributed by atoms with van der Waals surface area (Å²) in [5, 5.41) is 4.11. The van der Waals surface area contributed by atoms with Crippen LogP contribution in [0.5, 0.6) is 0 Å². The van der Waals surface area contributed by atoms with E-state index in [1.54, 1.807) is 0 Å². The van der Waals surface area contributed by atoms with Crippen molar-refractivity contribution >= 4 is 11.8 Å². The molecule has 12 heavy (non-hydrogen) atoms. The van der Waals surface area contributed by atoms with Gasteiger partial charge in [-0.15, -0.1) is 11.8 Å². The monoisotopic (exact) mass is 179 g/mol. The van der Waals surface area contributed by atoms with E-state index in [9.17, 15) is 0 Å². The molecule has 2 rings (SSSR count). The highest BCUT2D eigenvalue weighted by molar-refractivity contribution is 7.99. The Labute approximate surface area is 77.6 Å². The molecule has 1 aliphatic rings. The molecule has 1 aliphatic heterocycles. The maximum Gasteiger partial charge on any atom is 0.0580 e. The molecule has 1 aromatic carbocycles. The van der Waals surface area contributed by atoms with Gasteiger partial charge in [-0.1, -0.05) is 18.2 Å². The van der Waals surface area contributed by atoms with E-state index in [1.165, 1.54) is 24.3 Å². The van der Waals surface area contributed by atoms with Gasteiger partial charge in [-0.05, 0) is 31.5 Å². The Balaban J connectivity index is 1.94. The molecule has 2 heteroatoms. The Kier molecular flexibility index (Phi) is 2.69. The van der Waals surface area contributed by atoms with E-state index < -0.39 is 0 Å². The van der Waals surface area contributed by atoms with Crippen molar-refractivity contribution < 1.29 is 0 Å². The zero-order valence-electron chi connectivity index (χ0n) is 6.99. The fraction of sp³-hybridized carbons (Fsp3) is 0.400. The molecule has 0 radical (unpaired) electrons. The molecule has 0 aliphatic carbocycles. The predicted octanol–water partition coefficient (Wildman–Crippen LogP) is 2.49. The van der Waals surface area contributed by atoms with E-state index in [4.69, 9.17) is 0 Å². The summed E-state index contributed by atoms with van der Waals surface area (Å²) in [6, 6.07) is 10.6. The molecule has 0 saturated carbocycles. The molecule has 1 heterocycles. The number of benzene rings is 1. The molecule has 0 spiro atoms. The van der Waals surface area contributed by atoms with Crippen LogP contribution in [0.4, 0.5) is 0 Å². The van der Waals surface area contributed by atoms with Gasteiger partial charge in [-0.2, -0.15) is 0 Å². The Morgan fingerprint density at radius 1 is 1.25 bits per heavy atom. The van der Waals surface area contributed by atoms with Gasteiger partial charge in [0.1, 0.15) is 0 Å². The molecule has 0 bridgehead atoms. The van der Waals surface area contributed by atoms with Crippen LogP contribution in [0.15, 0.2) is 35.2 Å². The summed E-state index contributed by atoms with van der Waals surface area (Å²) in [4.78, 5) is 1.37. The topological polar surface area (TPSA) is 12.0 Å². The van der Waals surface area contributed by atoms with Gasteiger partial charge in [0.25, 0.3) is 0 Å². The number of hydrogen-bond donors (Lipinski definition) is 1. The number of hydrogen-bond acceptors (Lipinski definition) is 2. The summed E-state index contributed by atoms with van der Waals surface area (Å²) < 4.78 is 0. The lowest BCUT2D eigenvalue weighted by atomic mass is 10.4. The predicted molar refractivity (Wildman–Crippen MR) is 53.3 cm³/mol.